The Kier molecular flexibility index (Phi) is 3.58. The van der Waals surface area contributed by atoms with Crippen LogP contribution in [0.15, 0.2) is 54.7 Å². The highest BCUT2D eigenvalue weighted by Crippen LogP contribution is 2.40. The molecule has 0 saturated carbocycles. The molecule has 1 unspecified atom stereocenters. The van der Waals surface area contributed by atoms with Gasteiger partial charge in [0.1, 0.15) is 0 Å². The normalized spacial score (nSPS) is 19.5. The lowest BCUT2D eigenvalue weighted by Gasteiger charge is -2.35. The number of nitrogens with one attached hydrogen (secondary N) is 1. The molecule has 2 aliphatic rings. The second kappa shape index (κ2) is 5.74. The molecule has 1 N–H and O–H groups in total. The van der Waals surface area contributed by atoms with Crippen molar-refractivity contribution in [2.75, 3.05) is 11.9 Å². The predicted octanol–water partition coefficient (Wildman–Crippen LogP) is 4.16. The fraction of sp³-hybridized carbons (Fsp3) is 0.211. The molecule has 1 atom stereocenters. The van der Waals surface area contributed by atoms with Gasteiger partial charge >= 0.3 is 0 Å². The number of amides is 1. The molecule has 0 aliphatic carbocycles. The Balaban J connectivity index is 1.69. The number of benzene rings is 2. The van der Waals surface area contributed by atoms with Gasteiger partial charge in [-0.2, -0.15) is 0 Å². The minimum Gasteiger partial charge on any atom is -0.373 e. The van der Waals surface area contributed by atoms with Gasteiger partial charge in [0.25, 0.3) is 0 Å². The first-order valence-corrected chi connectivity index (χ1v) is 8.19. The van der Waals surface area contributed by atoms with E-state index in [0.717, 1.165) is 36.3 Å². The van der Waals surface area contributed by atoms with Crippen LogP contribution in [0.3, 0.4) is 0 Å². The van der Waals surface area contributed by atoms with E-state index in [2.05, 4.69) is 40.7 Å². The molecule has 2 aromatic carbocycles. The van der Waals surface area contributed by atoms with Crippen LogP contribution in [0.4, 0.5) is 5.69 Å². The summed E-state index contributed by atoms with van der Waals surface area (Å²) in [6.07, 6.45) is 2.99. The molecule has 2 aliphatic heterocycles. The van der Waals surface area contributed by atoms with Crippen molar-refractivity contribution in [2.24, 2.45) is 5.92 Å². The van der Waals surface area contributed by atoms with E-state index in [0.29, 0.717) is 5.02 Å². The van der Waals surface area contributed by atoms with Gasteiger partial charge in [-0.05, 0) is 29.7 Å². The van der Waals surface area contributed by atoms with Gasteiger partial charge in [0, 0.05) is 35.6 Å². The molecule has 2 heterocycles. The van der Waals surface area contributed by atoms with Crippen molar-refractivity contribution >= 4 is 28.8 Å². The third kappa shape index (κ3) is 2.73. The lowest BCUT2D eigenvalue weighted by atomic mass is 9.83. The third-order valence-corrected chi connectivity index (χ3v) is 4.73. The fourth-order valence-electron chi connectivity index (χ4n) is 3.37. The predicted molar refractivity (Wildman–Crippen MR) is 93.0 cm³/mol. The molecule has 2 aromatic rings. The second-order valence-electron chi connectivity index (χ2n) is 6.06. The number of anilines is 1. The van der Waals surface area contributed by atoms with Gasteiger partial charge in [-0.25, -0.2) is 0 Å². The Bertz CT molecular complexity index is 785. The number of hydrogen-bond acceptors (Lipinski definition) is 2. The second-order valence-corrected chi connectivity index (χ2v) is 6.50. The van der Waals surface area contributed by atoms with Gasteiger partial charge in [0.15, 0.2) is 0 Å². The average Bonchev–Trinajstić information content (AvgIpc) is 2.55. The van der Waals surface area contributed by atoms with Crippen LogP contribution >= 0.6 is 11.6 Å². The molecule has 0 saturated heterocycles. The highest BCUT2D eigenvalue weighted by molar-refractivity contribution is 6.31. The third-order valence-electron chi connectivity index (χ3n) is 4.50. The maximum Gasteiger partial charge on any atom is 0.232 e. The molecule has 23 heavy (non-hydrogen) atoms. The van der Waals surface area contributed by atoms with Crippen LogP contribution in [0.1, 0.15) is 17.5 Å². The van der Waals surface area contributed by atoms with Crippen LogP contribution in [0.25, 0.3) is 5.57 Å². The molecule has 0 aromatic heterocycles. The average molecular weight is 325 g/mol. The zero-order valence-electron chi connectivity index (χ0n) is 12.6. The zero-order valence-corrected chi connectivity index (χ0v) is 13.4. The first kappa shape index (κ1) is 14.3. The molecule has 1 amide bonds. The Morgan fingerprint density at radius 1 is 1.17 bits per heavy atom. The number of rotatable bonds is 2. The number of nitrogens with zero attached hydrogens (tertiary/aromatic N) is 1. The van der Waals surface area contributed by atoms with Crippen LogP contribution in [-0.2, 0) is 11.3 Å². The number of hydrogen-bond donors (Lipinski definition) is 1. The summed E-state index contributed by atoms with van der Waals surface area (Å²) in [6, 6.07) is 16.1. The zero-order chi connectivity index (χ0) is 15.8. The maximum atomic E-state index is 12.4. The topological polar surface area (TPSA) is 32.3 Å². The minimum absolute atomic E-state index is 0.0595. The Morgan fingerprint density at radius 2 is 2.00 bits per heavy atom. The van der Waals surface area contributed by atoms with Crippen molar-refractivity contribution in [3.05, 3.63) is 70.9 Å². The van der Waals surface area contributed by atoms with E-state index in [1.165, 1.54) is 5.56 Å². The molecular weight excluding hydrogens is 308 g/mol. The van der Waals surface area contributed by atoms with Gasteiger partial charge in [-0.1, -0.05) is 48.0 Å². The number of carbonyl (C=O) groups is 1. The van der Waals surface area contributed by atoms with Crippen molar-refractivity contribution in [3.63, 3.8) is 0 Å². The molecule has 0 fully saturated rings. The molecule has 0 spiro atoms. The summed E-state index contributed by atoms with van der Waals surface area (Å²) in [7, 11) is 0. The van der Waals surface area contributed by atoms with E-state index < -0.39 is 0 Å². The van der Waals surface area contributed by atoms with Crippen LogP contribution in [0.5, 0.6) is 0 Å². The molecule has 4 heteroatoms. The van der Waals surface area contributed by atoms with E-state index in [-0.39, 0.29) is 11.8 Å². The van der Waals surface area contributed by atoms with Gasteiger partial charge in [0.2, 0.25) is 5.91 Å². The highest BCUT2D eigenvalue weighted by atomic mass is 35.5. The molecule has 3 nitrogen and oxygen atoms in total. The SMILES string of the molecule is O=C1Nc2cc(Cl)ccc2C2=CN(Cc3ccccc3)CCC12. The highest BCUT2D eigenvalue weighted by Gasteiger charge is 2.33. The molecule has 0 bridgehead atoms. The Morgan fingerprint density at radius 3 is 2.83 bits per heavy atom. The summed E-state index contributed by atoms with van der Waals surface area (Å²) < 4.78 is 0. The van der Waals surface area contributed by atoms with E-state index >= 15 is 0 Å². The van der Waals surface area contributed by atoms with E-state index in [9.17, 15) is 4.79 Å². The van der Waals surface area contributed by atoms with Gasteiger partial charge in [-0.15, -0.1) is 0 Å². The van der Waals surface area contributed by atoms with Gasteiger partial charge in [0.05, 0.1) is 5.92 Å². The number of carbonyl (C=O) groups excluding carboxylic acids is 1. The van der Waals surface area contributed by atoms with E-state index in [4.69, 9.17) is 11.6 Å². The van der Waals surface area contributed by atoms with Crippen molar-refractivity contribution in [2.45, 2.75) is 13.0 Å². The summed E-state index contributed by atoms with van der Waals surface area (Å²) >= 11 is 6.05. The van der Waals surface area contributed by atoms with Crippen LogP contribution in [0.2, 0.25) is 5.02 Å². The largest absolute Gasteiger partial charge is 0.373 e. The van der Waals surface area contributed by atoms with Crippen molar-refractivity contribution < 1.29 is 4.79 Å². The Labute approximate surface area is 140 Å². The van der Waals surface area contributed by atoms with Crippen molar-refractivity contribution in [1.82, 2.24) is 4.90 Å². The summed E-state index contributed by atoms with van der Waals surface area (Å²) in [6.45, 7) is 1.75. The molecule has 0 radical (unpaired) electrons. The first-order valence-electron chi connectivity index (χ1n) is 7.81. The summed E-state index contributed by atoms with van der Waals surface area (Å²) in [4.78, 5) is 14.6. The maximum absolute atomic E-state index is 12.4. The van der Waals surface area contributed by atoms with Gasteiger partial charge < -0.3 is 10.2 Å². The number of halogens is 1. The lowest BCUT2D eigenvalue weighted by Crippen LogP contribution is -2.36. The number of fused-ring (bicyclic) bond motifs is 3. The summed E-state index contributed by atoms with van der Waals surface area (Å²) in [5.41, 5.74) is 4.27. The monoisotopic (exact) mass is 324 g/mol. The van der Waals surface area contributed by atoms with Crippen molar-refractivity contribution in [1.29, 1.82) is 0 Å². The fourth-order valence-corrected chi connectivity index (χ4v) is 3.54. The summed E-state index contributed by atoms with van der Waals surface area (Å²) in [5.74, 6) is 0.0149. The molecule has 4 rings (SSSR count). The first-order chi connectivity index (χ1) is 11.2. The summed E-state index contributed by atoms with van der Waals surface area (Å²) in [5, 5.41) is 3.62. The van der Waals surface area contributed by atoms with E-state index in [1.807, 2.05) is 24.3 Å². The standard InChI is InChI=1S/C19H17ClN2O/c20-14-6-7-15-17-12-22(11-13-4-2-1-3-5-13)9-8-16(17)19(23)21-18(15)10-14/h1-7,10,12,16H,8-9,11H2,(H,21,23). The van der Waals surface area contributed by atoms with Crippen LogP contribution in [-0.4, -0.2) is 17.4 Å². The van der Waals surface area contributed by atoms with Crippen LogP contribution < -0.4 is 5.32 Å². The molecule has 116 valence electrons. The minimum atomic E-state index is -0.0595. The molecular formula is C19H17ClN2O. The van der Waals surface area contributed by atoms with Gasteiger partial charge in [-0.3, -0.25) is 4.79 Å². The Hall–Kier alpha value is -2.26. The van der Waals surface area contributed by atoms with Crippen LogP contribution in [0, 0.1) is 5.92 Å². The lowest BCUT2D eigenvalue weighted by molar-refractivity contribution is -0.118. The van der Waals surface area contributed by atoms with Crippen molar-refractivity contribution in [3.8, 4) is 0 Å². The smallest absolute Gasteiger partial charge is 0.232 e. The van der Waals surface area contributed by atoms with E-state index in [1.54, 1.807) is 0 Å². The quantitative estimate of drug-likeness (QED) is 0.899.